The molecule has 0 bridgehead atoms. The molecule has 1 aliphatic heterocycles. The standard InChI is InChI=1S/C15H18N2O2/c1-15(2,3)19-14(18)13-12-5-4-10(9-16)8-11(12)6-7-17-13/h4-5,8,13,17H,6-7H2,1-3H3. The molecule has 4 heteroatoms. The number of nitrogens with one attached hydrogen (secondary N) is 1. The Hall–Kier alpha value is -1.86. The van der Waals surface area contributed by atoms with Gasteiger partial charge in [-0.2, -0.15) is 5.26 Å². The predicted octanol–water partition coefficient (Wildman–Crippen LogP) is 2.09. The van der Waals surface area contributed by atoms with Gasteiger partial charge in [0.15, 0.2) is 0 Å². The molecule has 0 fully saturated rings. The normalized spacial score (nSPS) is 18.3. The summed E-state index contributed by atoms with van der Waals surface area (Å²) in [5.74, 6) is -0.266. The minimum atomic E-state index is -0.497. The molecule has 1 aliphatic rings. The fraction of sp³-hybridized carbons (Fsp3) is 0.467. The average molecular weight is 258 g/mol. The van der Waals surface area contributed by atoms with Gasteiger partial charge in [-0.15, -0.1) is 0 Å². The van der Waals surface area contributed by atoms with E-state index < -0.39 is 11.6 Å². The van der Waals surface area contributed by atoms with Crippen LogP contribution in [-0.4, -0.2) is 18.1 Å². The maximum absolute atomic E-state index is 12.2. The third-order valence-corrected chi connectivity index (χ3v) is 2.97. The average Bonchev–Trinajstić information content (AvgIpc) is 2.35. The molecule has 1 N–H and O–H groups in total. The largest absolute Gasteiger partial charge is 0.459 e. The van der Waals surface area contributed by atoms with Gasteiger partial charge in [-0.1, -0.05) is 6.07 Å². The van der Waals surface area contributed by atoms with Gasteiger partial charge in [0, 0.05) is 6.54 Å². The number of carbonyl (C=O) groups is 1. The molecule has 0 amide bonds. The predicted molar refractivity (Wildman–Crippen MR) is 71.4 cm³/mol. The monoisotopic (exact) mass is 258 g/mol. The van der Waals surface area contributed by atoms with E-state index in [2.05, 4.69) is 11.4 Å². The lowest BCUT2D eigenvalue weighted by Crippen LogP contribution is -2.39. The molecule has 0 radical (unpaired) electrons. The first kappa shape index (κ1) is 13.6. The number of benzene rings is 1. The molecule has 0 aliphatic carbocycles. The van der Waals surface area contributed by atoms with Crippen LogP contribution in [-0.2, 0) is 16.0 Å². The first-order valence-corrected chi connectivity index (χ1v) is 6.40. The van der Waals surface area contributed by atoms with Crippen molar-refractivity contribution in [2.75, 3.05) is 6.54 Å². The van der Waals surface area contributed by atoms with Crippen molar-refractivity contribution in [3.63, 3.8) is 0 Å². The lowest BCUT2D eigenvalue weighted by molar-refractivity contribution is -0.157. The van der Waals surface area contributed by atoms with Gasteiger partial charge in [-0.25, -0.2) is 4.79 Å². The lowest BCUT2D eigenvalue weighted by Gasteiger charge is -2.29. The van der Waals surface area contributed by atoms with Gasteiger partial charge in [0.05, 0.1) is 11.6 Å². The van der Waals surface area contributed by atoms with Crippen molar-refractivity contribution in [1.29, 1.82) is 5.26 Å². The second-order valence-electron chi connectivity index (χ2n) is 5.70. The number of hydrogen-bond donors (Lipinski definition) is 1. The highest BCUT2D eigenvalue weighted by Gasteiger charge is 2.30. The summed E-state index contributed by atoms with van der Waals surface area (Å²) >= 11 is 0. The molecular weight excluding hydrogens is 240 g/mol. The van der Waals surface area contributed by atoms with E-state index in [0.29, 0.717) is 12.1 Å². The number of rotatable bonds is 1. The molecule has 100 valence electrons. The second-order valence-corrected chi connectivity index (χ2v) is 5.70. The molecule has 1 atom stereocenters. The number of nitriles is 1. The van der Waals surface area contributed by atoms with Gasteiger partial charge in [-0.05, 0) is 50.5 Å². The minimum absolute atomic E-state index is 0.266. The van der Waals surface area contributed by atoms with Crippen molar-refractivity contribution in [3.05, 3.63) is 34.9 Å². The zero-order chi connectivity index (χ0) is 14.0. The Morgan fingerprint density at radius 3 is 2.84 bits per heavy atom. The number of hydrogen-bond acceptors (Lipinski definition) is 4. The Balaban J connectivity index is 2.28. The highest BCUT2D eigenvalue weighted by molar-refractivity contribution is 5.79. The summed E-state index contributed by atoms with van der Waals surface area (Å²) in [5, 5.41) is 12.1. The molecule has 1 aromatic rings. The zero-order valence-electron chi connectivity index (χ0n) is 11.5. The van der Waals surface area contributed by atoms with Crippen LogP contribution in [0.5, 0.6) is 0 Å². The van der Waals surface area contributed by atoms with Crippen LogP contribution in [0.4, 0.5) is 0 Å². The Morgan fingerprint density at radius 1 is 1.47 bits per heavy atom. The topological polar surface area (TPSA) is 62.1 Å². The zero-order valence-corrected chi connectivity index (χ0v) is 11.5. The van der Waals surface area contributed by atoms with Crippen molar-refractivity contribution < 1.29 is 9.53 Å². The number of carbonyl (C=O) groups excluding carboxylic acids is 1. The van der Waals surface area contributed by atoms with Crippen LogP contribution >= 0.6 is 0 Å². The van der Waals surface area contributed by atoms with Gasteiger partial charge >= 0.3 is 5.97 Å². The van der Waals surface area contributed by atoms with E-state index in [9.17, 15) is 4.79 Å². The molecule has 19 heavy (non-hydrogen) atoms. The summed E-state index contributed by atoms with van der Waals surface area (Å²) in [6.07, 6.45) is 0.824. The Kier molecular flexibility index (Phi) is 3.59. The molecule has 0 aromatic heterocycles. The van der Waals surface area contributed by atoms with E-state index in [1.807, 2.05) is 32.9 Å². The maximum atomic E-state index is 12.2. The van der Waals surface area contributed by atoms with Crippen LogP contribution in [0.15, 0.2) is 18.2 Å². The smallest absolute Gasteiger partial charge is 0.328 e. The Bertz CT molecular complexity index is 538. The van der Waals surface area contributed by atoms with Crippen molar-refractivity contribution in [1.82, 2.24) is 5.32 Å². The second kappa shape index (κ2) is 5.02. The molecule has 4 nitrogen and oxygen atoms in total. The van der Waals surface area contributed by atoms with Gasteiger partial charge in [-0.3, -0.25) is 0 Å². The van der Waals surface area contributed by atoms with Crippen LogP contribution in [0.1, 0.15) is 43.5 Å². The molecule has 0 saturated heterocycles. The third-order valence-electron chi connectivity index (χ3n) is 2.97. The van der Waals surface area contributed by atoms with Crippen molar-refractivity contribution >= 4 is 5.97 Å². The van der Waals surface area contributed by atoms with Crippen molar-refractivity contribution in [2.45, 2.75) is 38.8 Å². The maximum Gasteiger partial charge on any atom is 0.328 e. The summed E-state index contributed by atoms with van der Waals surface area (Å²) in [6.45, 7) is 6.28. The van der Waals surface area contributed by atoms with Crippen molar-refractivity contribution in [2.24, 2.45) is 0 Å². The number of esters is 1. The summed E-state index contributed by atoms with van der Waals surface area (Å²) in [7, 11) is 0. The number of nitrogens with zero attached hydrogens (tertiary/aromatic N) is 1. The summed E-state index contributed by atoms with van der Waals surface area (Å²) in [5.41, 5.74) is 2.10. The van der Waals surface area contributed by atoms with Gasteiger partial charge in [0.1, 0.15) is 11.6 Å². The first-order valence-electron chi connectivity index (χ1n) is 6.40. The van der Waals surface area contributed by atoms with E-state index in [-0.39, 0.29) is 5.97 Å². The minimum Gasteiger partial charge on any atom is -0.459 e. The Morgan fingerprint density at radius 2 is 2.21 bits per heavy atom. The van der Waals surface area contributed by atoms with Gasteiger partial charge in [0.25, 0.3) is 0 Å². The molecule has 1 aromatic carbocycles. The SMILES string of the molecule is CC(C)(C)OC(=O)C1NCCc2cc(C#N)ccc21. The van der Waals surface area contributed by atoms with Gasteiger partial charge in [0.2, 0.25) is 0 Å². The molecule has 2 rings (SSSR count). The first-order chi connectivity index (χ1) is 8.90. The molecule has 1 heterocycles. The summed E-state index contributed by atoms with van der Waals surface area (Å²) < 4.78 is 5.42. The van der Waals surface area contributed by atoms with Gasteiger partial charge < -0.3 is 10.1 Å². The van der Waals surface area contributed by atoms with E-state index >= 15 is 0 Å². The highest BCUT2D eigenvalue weighted by atomic mass is 16.6. The van der Waals surface area contributed by atoms with Crippen LogP contribution in [0, 0.1) is 11.3 Å². The number of fused-ring (bicyclic) bond motifs is 1. The summed E-state index contributed by atoms with van der Waals surface area (Å²) in [4.78, 5) is 12.2. The third kappa shape index (κ3) is 3.12. The highest BCUT2D eigenvalue weighted by Crippen LogP contribution is 2.26. The quantitative estimate of drug-likeness (QED) is 0.783. The molecular formula is C15H18N2O2. The van der Waals surface area contributed by atoms with Crippen molar-refractivity contribution in [3.8, 4) is 6.07 Å². The van der Waals surface area contributed by atoms with E-state index in [4.69, 9.17) is 10.00 Å². The summed E-state index contributed by atoms with van der Waals surface area (Å²) in [6, 6.07) is 7.12. The molecule has 1 unspecified atom stereocenters. The van der Waals surface area contributed by atoms with E-state index in [1.165, 1.54) is 0 Å². The van der Waals surface area contributed by atoms with Crippen LogP contribution in [0.2, 0.25) is 0 Å². The molecule has 0 saturated carbocycles. The fourth-order valence-corrected chi connectivity index (χ4v) is 2.21. The van der Waals surface area contributed by atoms with Crippen LogP contribution < -0.4 is 5.32 Å². The fourth-order valence-electron chi connectivity index (χ4n) is 2.21. The molecule has 0 spiro atoms. The Labute approximate surface area is 113 Å². The van der Waals surface area contributed by atoms with Crippen LogP contribution in [0.25, 0.3) is 0 Å². The lowest BCUT2D eigenvalue weighted by atomic mass is 9.92. The number of ether oxygens (including phenoxy) is 1. The van der Waals surface area contributed by atoms with E-state index in [0.717, 1.165) is 17.5 Å². The van der Waals surface area contributed by atoms with E-state index in [1.54, 1.807) is 6.07 Å². The van der Waals surface area contributed by atoms with Crippen LogP contribution in [0.3, 0.4) is 0 Å².